The normalized spacial score (nSPS) is 12.1. The van der Waals surface area contributed by atoms with Crippen molar-refractivity contribution in [3.05, 3.63) is 51.8 Å². The average molecular weight is 312 g/mol. The predicted molar refractivity (Wildman–Crippen MR) is 93.6 cm³/mol. The van der Waals surface area contributed by atoms with Crippen LogP contribution >= 0.6 is 0 Å². The zero-order valence-electron chi connectivity index (χ0n) is 14.6. The Bertz CT molecular complexity index is 772. The number of aromatic nitrogens is 1. The van der Waals surface area contributed by atoms with E-state index in [9.17, 15) is 9.59 Å². The zero-order chi connectivity index (χ0) is 17.3. The smallest absolute Gasteiger partial charge is 0.201 e. The molecule has 4 nitrogen and oxygen atoms in total. The fraction of sp³-hybridized carbons (Fsp3) is 0.368. The van der Waals surface area contributed by atoms with Crippen molar-refractivity contribution in [3.63, 3.8) is 0 Å². The summed E-state index contributed by atoms with van der Waals surface area (Å²) >= 11 is 0. The second-order valence-electron chi connectivity index (χ2n) is 6.16. The average Bonchev–Trinajstić information content (AvgIpc) is 2.78. The van der Waals surface area contributed by atoms with Crippen LogP contribution in [0.5, 0.6) is 0 Å². The van der Waals surface area contributed by atoms with E-state index in [0.717, 1.165) is 22.5 Å². The summed E-state index contributed by atoms with van der Waals surface area (Å²) in [6.45, 7) is 11.1. The SMILES string of the molecule is CC(=O)c1c(C)[nH]c(C(=O)C(C)Nc2cccc(C)c2C)c1C. The number of H-pyrrole nitrogens is 1. The van der Waals surface area contributed by atoms with E-state index in [-0.39, 0.29) is 17.6 Å². The van der Waals surface area contributed by atoms with E-state index in [1.54, 1.807) is 0 Å². The van der Waals surface area contributed by atoms with Crippen molar-refractivity contribution in [2.75, 3.05) is 5.32 Å². The number of aromatic amines is 1. The molecule has 0 amide bonds. The van der Waals surface area contributed by atoms with Crippen LogP contribution in [-0.4, -0.2) is 22.6 Å². The lowest BCUT2D eigenvalue weighted by atomic mass is 10.0. The van der Waals surface area contributed by atoms with Gasteiger partial charge in [-0.05, 0) is 64.3 Å². The van der Waals surface area contributed by atoms with Gasteiger partial charge in [0, 0.05) is 16.9 Å². The summed E-state index contributed by atoms with van der Waals surface area (Å²) in [5.74, 6) is -0.0653. The van der Waals surface area contributed by atoms with Crippen LogP contribution in [0.25, 0.3) is 0 Å². The van der Waals surface area contributed by atoms with Crippen molar-refractivity contribution in [3.8, 4) is 0 Å². The van der Waals surface area contributed by atoms with Crippen molar-refractivity contribution < 1.29 is 9.59 Å². The van der Waals surface area contributed by atoms with E-state index in [0.29, 0.717) is 11.3 Å². The molecule has 2 aromatic rings. The number of carbonyl (C=O) groups is 2. The lowest BCUT2D eigenvalue weighted by Gasteiger charge is -2.17. The Morgan fingerprint density at radius 2 is 1.74 bits per heavy atom. The molecule has 122 valence electrons. The number of ketones is 2. The molecule has 0 fully saturated rings. The van der Waals surface area contributed by atoms with Crippen LogP contribution in [0.3, 0.4) is 0 Å². The fourth-order valence-electron chi connectivity index (χ4n) is 2.95. The first-order chi connectivity index (χ1) is 10.7. The fourth-order valence-corrected chi connectivity index (χ4v) is 2.95. The molecular formula is C19H24N2O2. The highest BCUT2D eigenvalue weighted by Crippen LogP contribution is 2.22. The molecule has 0 saturated carbocycles. The molecule has 1 aromatic carbocycles. The number of nitrogens with one attached hydrogen (secondary N) is 2. The lowest BCUT2D eigenvalue weighted by Crippen LogP contribution is -2.27. The van der Waals surface area contributed by atoms with Crippen LogP contribution < -0.4 is 5.32 Å². The van der Waals surface area contributed by atoms with Crippen molar-refractivity contribution >= 4 is 17.3 Å². The molecule has 2 rings (SSSR count). The van der Waals surface area contributed by atoms with Crippen molar-refractivity contribution in [2.45, 2.75) is 47.6 Å². The molecule has 0 bridgehead atoms. The monoisotopic (exact) mass is 312 g/mol. The highest BCUT2D eigenvalue weighted by molar-refractivity contribution is 6.05. The van der Waals surface area contributed by atoms with Crippen LogP contribution in [0.2, 0.25) is 0 Å². The van der Waals surface area contributed by atoms with Crippen molar-refractivity contribution in [1.82, 2.24) is 4.98 Å². The molecule has 4 heteroatoms. The number of rotatable bonds is 5. The number of hydrogen-bond acceptors (Lipinski definition) is 3. The molecule has 0 radical (unpaired) electrons. The van der Waals surface area contributed by atoms with Crippen LogP contribution in [0.15, 0.2) is 18.2 Å². The van der Waals surface area contributed by atoms with Gasteiger partial charge < -0.3 is 10.3 Å². The van der Waals surface area contributed by atoms with E-state index in [2.05, 4.69) is 10.3 Å². The molecule has 1 atom stereocenters. The number of aryl methyl sites for hydroxylation is 2. The summed E-state index contributed by atoms with van der Waals surface area (Å²) < 4.78 is 0. The van der Waals surface area contributed by atoms with Gasteiger partial charge in [-0.1, -0.05) is 12.1 Å². The molecule has 0 saturated heterocycles. The topological polar surface area (TPSA) is 62.0 Å². The van der Waals surface area contributed by atoms with E-state index in [1.165, 1.54) is 12.5 Å². The predicted octanol–water partition coefficient (Wildman–Crippen LogP) is 4.13. The molecule has 2 N–H and O–H groups in total. The van der Waals surface area contributed by atoms with Gasteiger partial charge in [0.25, 0.3) is 0 Å². The highest BCUT2D eigenvalue weighted by Gasteiger charge is 2.23. The summed E-state index contributed by atoms with van der Waals surface area (Å²) in [5, 5.41) is 3.28. The minimum Gasteiger partial charge on any atom is -0.375 e. The molecule has 0 spiro atoms. The van der Waals surface area contributed by atoms with E-state index in [4.69, 9.17) is 0 Å². The molecular weight excluding hydrogens is 288 g/mol. The number of hydrogen-bond donors (Lipinski definition) is 2. The molecule has 1 heterocycles. The van der Waals surface area contributed by atoms with Gasteiger partial charge in [0.2, 0.25) is 5.78 Å². The summed E-state index contributed by atoms with van der Waals surface area (Å²) in [4.78, 5) is 27.5. The van der Waals surface area contributed by atoms with Crippen LogP contribution in [-0.2, 0) is 0 Å². The van der Waals surface area contributed by atoms with Gasteiger partial charge in [-0.3, -0.25) is 9.59 Å². The standard InChI is InChI=1S/C19H24N2O2/c1-10-8-7-9-16(11(10)2)20-14(5)19(23)18-12(3)17(15(6)22)13(4)21-18/h7-9,14,20-21H,1-6H3. The van der Waals surface area contributed by atoms with Crippen LogP contribution in [0.4, 0.5) is 5.69 Å². The van der Waals surface area contributed by atoms with Gasteiger partial charge in [-0.25, -0.2) is 0 Å². The number of benzene rings is 1. The minimum absolute atomic E-state index is 0.0227. The molecule has 0 aliphatic heterocycles. The summed E-state index contributed by atoms with van der Waals surface area (Å²) in [6.07, 6.45) is 0. The third-order valence-electron chi connectivity index (χ3n) is 4.41. The second kappa shape index (κ2) is 6.41. The third-order valence-corrected chi connectivity index (χ3v) is 4.41. The number of anilines is 1. The van der Waals surface area contributed by atoms with Crippen molar-refractivity contribution in [2.24, 2.45) is 0 Å². The highest BCUT2D eigenvalue weighted by atomic mass is 16.1. The van der Waals surface area contributed by atoms with Gasteiger partial charge in [0.1, 0.15) is 0 Å². The number of Topliss-reactive ketones (excluding diaryl/α,β-unsaturated/α-hetero) is 2. The van der Waals surface area contributed by atoms with E-state index >= 15 is 0 Å². The second-order valence-corrected chi connectivity index (χ2v) is 6.16. The maximum Gasteiger partial charge on any atom is 0.201 e. The molecule has 23 heavy (non-hydrogen) atoms. The Balaban J connectivity index is 2.29. The van der Waals surface area contributed by atoms with Crippen molar-refractivity contribution in [1.29, 1.82) is 0 Å². The Morgan fingerprint density at radius 1 is 1.09 bits per heavy atom. The Morgan fingerprint density at radius 3 is 2.30 bits per heavy atom. The summed E-state index contributed by atoms with van der Waals surface area (Å²) in [7, 11) is 0. The molecule has 0 aliphatic rings. The van der Waals surface area contributed by atoms with E-state index in [1.807, 2.05) is 52.8 Å². The maximum absolute atomic E-state index is 12.7. The molecule has 1 aromatic heterocycles. The van der Waals surface area contributed by atoms with Gasteiger partial charge in [-0.2, -0.15) is 0 Å². The van der Waals surface area contributed by atoms with Gasteiger partial charge >= 0.3 is 0 Å². The quantitative estimate of drug-likeness (QED) is 0.816. The largest absolute Gasteiger partial charge is 0.375 e. The summed E-state index contributed by atoms with van der Waals surface area (Å²) in [6, 6.07) is 5.61. The lowest BCUT2D eigenvalue weighted by molar-refractivity contribution is 0.0970. The van der Waals surface area contributed by atoms with Gasteiger partial charge in [0.05, 0.1) is 11.7 Å². The molecule has 1 unspecified atom stereocenters. The van der Waals surface area contributed by atoms with Gasteiger partial charge in [0.15, 0.2) is 5.78 Å². The first-order valence-corrected chi connectivity index (χ1v) is 7.81. The van der Waals surface area contributed by atoms with Gasteiger partial charge in [-0.15, -0.1) is 0 Å². The maximum atomic E-state index is 12.7. The van der Waals surface area contributed by atoms with Crippen LogP contribution in [0, 0.1) is 27.7 Å². The Kier molecular flexibility index (Phi) is 4.73. The Hall–Kier alpha value is -2.36. The number of carbonyl (C=O) groups excluding carboxylic acids is 2. The first-order valence-electron chi connectivity index (χ1n) is 7.81. The van der Waals surface area contributed by atoms with Crippen LogP contribution in [0.1, 0.15) is 57.1 Å². The first kappa shape index (κ1) is 17.0. The summed E-state index contributed by atoms with van der Waals surface area (Å²) in [5.41, 5.74) is 5.88. The van der Waals surface area contributed by atoms with E-state index < -0.39 is 0 Å². The Labute approximate surface area is 137 Å². The third kappa shape index (κ3) is 3.21. The molecule has 0 aliphatic carbocycles. The minimum atomic E-state index is -0.382. The zero-order valence-corrected chi connectivity index (χ0v) is 14.6.